The summed E-state index contributed by atoms with van der Waals surface area (Å²) < 4.78 is 29.1. The molecule has 0 fully saturated rings. The van der Waals surface area contributed by atoms with Crippen LogP contribution in [0, 0.1) is 0 Å². The van der Waals surface area contributed by atoms with Crippen LogP contribution in [0.15, 0.2) is 41.4 Å². The van der Waals surface area contributed by atoms with Gasteiger partial charge in [-0.1, -0.05) is 30.3 Å². The molecule has 0 amide bonds. The average Bonchev–Trinajstić information content (AvgIpc) is 2.94. The second-order valence-corrected chi connectivity index (χ2v) is 6.99. The molecule has 0 saturated heterocycles. The zero-order valence-corrected chi connectivity index (χ0v) is 13.5. The maximum Gasteiger partial charge on any atom is 0.244 e. The fourth-order valence-corrected chi connectivity index (χ4v) is 3.22. The number of aromatic nitrogens is 2. The molecule has 1 heterocycles. The van der Waals surface area contributed by atoms with E-state index in [1.807, 2.05) is 44.2 Å². The summed E-state index contributed by atoms with van der Waals surface area (Å²) in [5, 5.41) is 13.2. The van der Waals surface area contributed by atoms with E-state index in [4.69, 9.17) is 5.11 Å². The molecular formula is C15H21N3O3S. The largest absolute Gasteiger partial charge is 0.396 e. The lowest BCUT2D eigenvalue weighted by Gasteiger charge is -2.06. The number of aliphatic hydroxyl groups excluding tert-OH is 1. The number of rotatable bonds is 7. The van der Waals surface area contributed by atoms with Crippen molar-refractivity contribution in [1.82, 2.24) is 14.5 Å². The van der Waals surface area contributed by atoms with E-state index in [-0.39, 0.29) is 24.1 Å². The van der Waals surface area contributed by atoms with Crippen LogP contribution >= 0.6 is 0 Å². The number of hydrogen-bond donors (Lipinski definition) is 2. The van der Waals surface area contributed by atoms with E-state index >= 15 is 0 Å². The first-order chi connectivity index (χ1) is 10.5. The summed E-state index contributed by atoms with van der Waals surface area (Å²) in [6.45, 7) is 4.02. The van der Waals surface area contributed by atoms with Gasteiger partial charge in [0, 0.05) is 31.0 Å². The Labute approximate surface area is 130 Å². The summed E-state index contributed by atoms with van der Waals surface area (Å²) in [7, 11) is -3.67. The van der Waals surface area contributed by atoms with Gasteiger partial charge in [0.2, 0.25) is 10.0 Å². The van der Waals surface area contributed by atoms with Crippen molar-refractivity contribution < 1.29 is 13.5 Å². The van der Waals surface area contributed by atoms with Crippen molar-refractivity contribution in [2.75, 3.05) is 13.2 Å². The Kier molecular flexibility index (Phi) is 5.33. The summed E-state index contributed by atoms with van der Waals surface area (Å²) in [6.07, 6.45) is 1.92. The van der Waals surface area contributed by atoms with Crippen LogP contribution in [0.3, 0.4) is 0 Å². The molecule has 2 N–H and O–H groups in total. The van der Waals surface area contributed by atoms with Gasteiger partial charge in [-0.25, -0.2) is 13.1 Å². The van der Waals surface area contributed by atoms with Gasteiger partial charge in [0.05, 0.1) is 0 Å². The zero-order valence-electron chi connectivity index (χ0n) is 12.7. The molecular weight excluding hydrogens is 302 g/mol. The molecule has 0 spiro atoms. The van der Waals surface area contributed by atoms with Gasteiger partial charge < -0.3 is 5.11 Å². The maximum absolute atomic E-state index is 12.5. The van der Waals surface area contributed by atoms with Crippen molar-refractivity contribution in [1.29, 1.82) is 0 Å². The first-order valence-corrected chi connectivity index (χ1v) is 8.69. The minimum absolute atomic E-state index is 0.0562. The summed E-state index contributed by atoms with van der Waals surface area (Å²) >= 11 is 0. The van der Waals surface area contributed by atoms with E-state index in [1.165, 1.54) is 0 Å². The van der Waals surface area contributed by atoms with E-state index in [1.54, 1.807) is 10.9 Å². The Hall–Kier alpha value is -1.70. The lowest BCUT2D eigenvalue weighted by molar-refractivity contribution is 0.289. The molecule has 0 saturated carbocycles. The first-order valence-electron chi connectivity index (χ1n) is 7.21. The number of nitrogens with one attached hydrogen (secondary N) is 1. The molecule has 0 aliphatic rings. The Bertz CT molecular complexity index is 709. The highest BCUT2D eigenvalue weighted by Gasteiger charge is 2.23. The van der Waals surface area contributed by atoms with Crippen LogP contribution in [0.1, 0.15) is 26.3 Å². The smallest absolute Gasteiger partial charge is 0.244 e. The molecule has 2 aromatic rings. The normalized spacial score (nSPS) is 12.0. The third-order valence-electron chi connectivity index (χ3n) is 3.19. The van der Waals surface area contributed by atoms with Gasteiger partial charge in [-0.05, 0) is 20.3 Å². The molecule has 6 nitrogen and oxygen atoms in total. The number of hydrogen-bond acceptors (Lipinski definition) is 4. The van der Waals surface area contributed by atoms with E-state index in [0.29, 0.717) is 12.1 Å². The van der Waals surface area contributed by atoms with Gasteiger partial charge >= 0.3 is 0 Å². The molecule has 1 aromatic carbocycles. The molecule has 0 unspecified atom stereocenters. The van der Waals surface area contributed by atoms with Crippen molar-refractivity contribution in [3.8, 4) is 11.3 Å². The molecule has 0 atom stereocenters. The van der Waals surface area contributed by atoms with Gasteiger partial charge in [0.25, 0.3) is 0 Å². The van der Waals surface area contributed by atoms with Crippen LogP contribution in [0.25, 0.3) is 11.3 Å². The minimum atomic E-state index is -3.67. The van der Waals surface area contributed by atoms with Gasteiger partial charge in [0.15, 0.2) is 0 Å². The zero-order chi connectivity index (χ0) is 16.2. The lowest BCUT2D eigenvalue weighted by Crippen LogP contribution is -2.25. The summed E-state index contributed by atoms with van der Waals surface area (Å²) in [5.74, 6) is 0. The fraction of sp³-hybridized carbons (Fsp3) is 0.400. The van der Waals surface area contributed by atoms with Crippen LogP contribution in [0.5, 0.6) is 0 Å². The molecule has 0 radical (unpaired) electrons. The van der Waals surface area contributed by atoms with Gasteiger partial charge in [-0.3, -0.25) is 4.68 Å². The van der Waals surface area contributed by atoms with Gasteiger partial charge in [0.1, 0.15) is 10.6 Å². The van der Waals surface area contributed by atoms with Gasteiger partial charge in [-0.2, -0.15) is 5.10 Å². The van der Waals surface area contributed by atoms with Crippen LogP contribution in [0.4, 0.5) is 0 Å². The fourth-order valence-electron chi connectivity index (χ4n) is 2.00. The van der Waals surface area contributed by atoms with Crippen molar-refractivity contribution in [3.05, 3.63) is 36.5 Å². The molecule has 0 aliphatic heterocycles. The van der Waals surface area contributed by atoms with Crippen molar-refractivity contribution in [2.45, 2.75) is 31.2 Å². The highest BCUT2D eigenvalue weighted by molar-refractivity contribution is 7.89. The number of nitrogens with zero attached hydrogens (tertiary/aromatic N) is 2. The SMILES string of the molecule is CC(C)n1cc(S(=O)(=O)NCCCO)c(-c2ccccc2)n1. The van der Waals surface area contributed by atoms with E-state index in [2.05, 4.69) is 9.82 Å². The number of aliphatic hydroxyl groups is 1. The van der Waals surface area contributed by atoms with E-state index < -0.39 is 10.0 Å². The molecule has 0 aliphatic carbocycles. The van der Waals surface area contributed by atoms with Crippen LogP contribution in [-0.2, 0) is 10.0 Å². The minimum Gasteiger partial charge on any atom is -0.396 e. The number of benzene rings is 1. The molecule has 1 aromatic heterocycles. The highest BCUT2D eigenvalue weighted by Crippen LogP contribution is 2.26. The molecule has 2 rings (SSSR count). The Morgan fingerprint density at radius 3 is 2.55 bits per heavy atom. The lowest BCUT2D eigenvalue weighted by atomic mass is 10.2. The van der Waals surface area contributed by atoms with Crippen molar-refractivity contribution in [2.24, 2.45) is 0 Å². The first kappa shape index (κ1) is 16.7. The van der Waals surface area contributed by atoms with Crippen LogP contribution < -0.4 is 4.72 Å². The summed E-state index contributed by atoms with van der Waals surface area (Å²) in [5.41, 5.74) is 1.19. The molecule has 22 heavy (non-hydrogen) atoms. The van der Waals surface area contributed by atoms with Crippen LogP contribution in [0.2, 0.25) is 0 Å². The van der Waals surface area contributed by atoms with E-state index in [0.717, 1.165) is 5.56 Å². The molecule has 7 heteroatoms. The summed E-state index contributed by atoms with van der Waals surface area (Å²) in [4.78, 5) is 0.158. The second-order valence-electron chi connectivity index (χ2n) is 5.26. The average molecular weight is 323 g/mol. The number of sulfonamides is 1. The maximum atomic E-state index is 12.5. The third kappa shape index (κ3) is 3.73. The summed E-state index contributed by atoms with van der Waals surface area (Å²) in [6, 6.07) is 9.29. The second kappa shape index (κ2) is 7.04. The predicted molar refractivity (Wildman–Crippen MR) is 84.9 cm³/mol. The standard InChI is InChI=1S/C15H21N3O3S/c1-12(2)18-11-14(22(20,21)16-9-6-10-19)15(17-18)13-7-4-3-5-8-13/h3-5,7-8,11-12,16,19H,6,9-10H2,1-2H3. The Morgan fingerprint density at radius 2 is 1.95 bits per heavy atom. The third-order valence-corrected chi connectivity index (χ3v) is 4.65. The molecule has 0 bridgehead atoms. The van der Waals surface area contributed by atoms with Crippen LogP contribution in [-0.4, -0.2) is 36.5 Å². The Balaban J connectivity index is 2.45. The quantitative estimate of drug-likeness (QED) is 0.761. The Morgan fingerprint density at radius 1 is 1.27 bits per heavy atom. The monoisotopic (exact) mass is 323 g/mol. The topological polar surface area (TPSA) is 84.2 Å². The van der Waals surface area contributed by atoms with E-state index in [9.17, 15) is 8.42 Å². The highest BCUT2D eigenvalue weighted by atomic mass is 32.2. The van der Waals surface area contributed by atoms with Crippen molar-refractivity contribution in [3.63, 3.8) is 0 Å². The van der Waals surface area contributed by atoms with Crippen molar-refractivity contribution >= 4 is 10.0 Å². The predicted octanol–water partition coefficient (Wildman–Crippen LogP) is 1.79. The molecule has 120 valence electrons. The van der Waals surface area contributed by atoms with Gasteiger partial charge in [-0.15, -0.1) is 0 Å².